The van der Waals surface area contributed by atoms with E-state index in [2.05, 4.69) is 127 Å². The van der Waals surface area contributed by atoms with Crippen molar-refractivity contribution in [3.63, 3.8) is 0 Å². The van der Waals surface area contributed by atoms with Crippen LogP contribution in [0, 0.1) is 0 Å². The van der Waals surface area contributed by atoms with Crippen LogP contribution in [0.1, 0.15) is 0 Å². The van der Waals surface area contributed by atoms with Gasteiger partial charge in [-0.3, -0.25) is 0 Å². The molecule has 12 aromatic rings. The molecule has 8 aromatic carbocycles. The van der Waals surface area contributed by atoms with Crippen LogP contribution in [0.2, 0.25) is 0 Å². The third-order valence-electron chi connectivity index (χ3n) is 10.5. The molecule has 0 aliphatic heterocycles. The molecule has 0 bridgehead atoms. The minimum Gasteiger partial charge on any atom is -0.456 e. The minimum absolute atomic E-state index is 0.828. The van der Waals surface area contributed by atoms with Crippen LogP contribution in [0.4, 0.5) is 0 Å². The number of benzene rings is 8. The van der Waals surface area contributed by atoms with Crippen molar-refractivity contribution in [2.24, 2.45) is 0 Å². The third kappa shape index (κ3) is 3.53. The first-order chi connectivity index (χ1) is 24.8. The van der Waals surface area contributed by atoms with Gasteiger partial charge in [-0.05, 0) is 103 Å². The molecule has 50 heavy (non-hydrogen) atoms. The molecule has 232 valence electrons. The van der Waals surface area contributed by atoms with Gasteiger partial charge in [-0.2, -0.15) is 0 Å². The van der Waals surface area contributed by atoms with E-state index in [1.807, 2.05) is 18.2 Å². The lowest BCUT2D eigenvalue weighted by Crippen LogP contribution is -1.91. The molecule has 0 spiro atoms. The second kappa shape index (κ2) is 9.63. The van der Waals surface area contributed by atoms with Gasteiger partial charge in [-0.25, -0.2) is 0 Å². The quantitative estimate of drug-likeness (QED) is 0.174. The molecule has 4 heteroatoms. The molecule has 0 aliphatic carbocycles. The molecule has 0 saturated carbocycles. The molecule has 0 fully saturated rings. The molecule has 0 radical (unpaired) electrons. The van der Waals surface area contributed by atoms with E-state index < -0.39 is 0 Å². The number of para-hydroxylation sites is 1. The van der Waals surface area contributed by atoms with E-state index in [0.717, 1.165) is 71.4 Å². The summed E-state index contributed by atoms with van der Waals surface area (Å²) >= 11 is 1.75. The van der Waals surface area contributed by atoms with Gasteiger partial charge in [0, 0.05) is 43.1 Å². The Morgan fingerprint density at radius 2 is 0.960 bits per heavy atom. The Bertz CT molecular complexity index is 3330. The lowest BCUT2D eigenvalue weighted by atomic mass is 9.85. The largest absolute Gasteiger partial charge is 0.456 e. The summed E-state index contributed by atoms with van der Waals surface area (Å²) in [4.78, 5) is 0. The Kier molecular flexibility index (Phi) is 5.12. The normalized spacial score (nSPS) is 12.4. The second-order valence-electron chi connectivity index (χ2n) is 13.2. The maximum atomic E-state index is 6.57. The van der Waals surface area contributed by atoms with Crippen molar-refractivity contribution >= 4 is 109 Å². The van der Waals surface area contributed by atoms with Crippen molar-refractivity contribution in [3.8, 4) is 22.3 Å². The molecule has 4 heterocycles. The highest BCUT2D eigenvalue weighted by Crippen LogP contribution is 2.48. The number of hydrogen-bond acceptors (Lipinski definition) is 4. The topological polar surface area (TPSA) is 39.4 Å². The Labute approximate surface area is 288 Å². The first-order valence-corrected chi connectivity index (χ1v) is 17.7. The van der Waals surface area contributed by atoms with Crippen LogP contribution in [0.25, 0.3) is 120 Å². The lowest BCUT2D eigenvalue weighted by molar-refractivity contribution is 0.656. The summed E-state index contributed by atoms with van der Waals surface area (Å²) in [5.74, 6) is 0. The maximum absolute atomic E-state index is 6.57. The fourth-order valence-electron chi connectivity index (χ4n) is 8.37. The van der Waals surface area contributed by atoms with Crippen molar-refractivity contribution in [2.45, 2.75) is 0 Å². The fraction of sp³-hybridized carbons (Fsp3) is 0. The fourth-order valence-corrected chi connectivity index (χ4v) is 9.17. The summed E-state index contributed by atoms with van der Waals surface area (Å²) in [5.41, 5.74) is 9.97. The SMILES string of the molecule is c1ccc2c(c1)oc1cc3oc4cc(-c5c6ccccc6c(-c6cccc7oc8cc9sccc9cc8c67)c6ccccc56)ccc4c3cc12. The predicted octanol–water partition coefficient (Wildman–Crippen LogP) is 14.2. The summed E-state index contributed by atoms with van der Waals surface area (Å²) in [6, 6.07) is 49.9. The monoisotopic (exact) mass is 656 g/mol. The van der Waals surface area contributed by atoms with Gasteiger partial charge >= 0.3 is 0 Å². The Morgan fingerprint density at radius 1 is 0.360 bits per heavy atom. The number of furan rings is 3. The average molecular weight is 657 g/mol. The van der Waals surface area contributed by atoms with Gasteiger partial charge in [0.05, 0.1) is 0 Å². The van der Waals surface area contributed by atoms with Gasteiger partial charge in [0.1, 0.15) is 33.5 Å². The molecule has 0 saturated heterocycles. The van der Waals surface area contributed by atoms with Crippen LogP contribution in [0.15, 0.2) is 158 Å². The molecule has 4 aromatic heterocycles. The Morgan fingerprint density at radius 3 is 1.74 bits per heavy atom. The zero-order valence-corrected chi connectivity index (χ0v) is 27.3. The number of fused-ring (bicyclic) bond motifs is 12. The van der Waals surface area contributed by atoms with Gasteiger partial charge in [0.15, 0.2) is 0 Å². The summed E-state index contributed by atoms with van der Waals surface area (Å²) in [7, 11) is 0. The average Bonchev–Trinajstić information content (AvgIpc) is 3.93. The molecule has 0 atom stereocenters. The maximum Gasteiger partial charge on any atom is 0.139 e. The van der Waals surface area contributed by atoms with E-state index in [1.165, 1.54) is 48.3 Å². The van der Waals surface area contributed by atoms with Gasteiger partial charge in [0.2, 0.25) is 0 Å². The zero-order valence-electron chi connectivity index (χ0n) is 26.5. The van der Waals surface area contributed by atoms with E-state index in [4.69, 9.17) is 13.3 Å². The standard InChI is InChI=1S/C46H24O3S/c1-3-11-31-29(9-1)44(26-16-17-28-35-22-34-27-8-5-6-14-37(27)47-40(34)23-41(35)49-39(28)21-26)30-10-2-4-12-32(30)45(31)33-13-7-15-38-46(33)36-20-25-18-19-50-43(25)24-42(36)48-38/h1-24H. The summed E-state index contributed by atoms with van der Waals surface area (Å²) < 4.78 is 20.5. The van der Waals surface area contributed by atoms with Crippen molar-refractivity contribution in [1.82, 2.24) is 0 Å². The highest BCUT2D eigenvalue weighted by molar-refractivity contribution is 7.17. The van der Waals surface area contributed by atoms with E-state index in [0.29, 0.717) is 0 Å². The molecular formula is C46H24O3S. The first-order valence-electron chi connectivity index (χ1n) is 16.8. The van der Waals surface area contributed by atoms with Crippen molar-refractivity contribution < 1.29 is 13.3 Å². The van der Waals surface area contributed by atoms with Gasteiger partial charge in [0.25, 0.3) is 0 Å². The van der Waals surface area contributed by atoms with Crippen LogP contribution in [-0.4, -0.2) is 0 Å². The Balaban J connectivity index is 1.13. The summed E-state index contributed by atoms with van der Waals surface area (Å²) in [6.07, 6.45) is 0. The molecule has 12 rings (SSSR count). The van der Waals surface area contributed by atoms with Gasteiger partial charge in [-0.1, -0.05) is 84.9 Å². The van der Waals surface area contributed by atoms with Crippen molar-refractivity contribution in [2.75, 3.05) is 0 Å². The lowest BCUT2D eigenvalue weighted by Gasteiger charge is -2.18. The highest BCUT2D eigenvalue weighted by Gasteiger charge is 2.21. The molecular weight excluding hydrogens is 633 g/mol. The third-order valence-corrected chi connectivity index (χ3v) is 11.4. The van der Waals surface area contributed by atoms with Crippen LogP contribution >= 0.6 is 11.3 Å². The summed E-state index contributed by atoms with van der Waals surface area (Å²) in [6.45, 7) is 0. The highest BCUT2D eigenvalue weighted by atomic mass is 32.1. The first kappa shape index (κ1) is 26.6. The van der Waals surface area contributed by atoms with Crippen molar-refractivity contribution in [3.05, 3.63) is 145 Å². The van der Waals surface area contributed by atoms with Crippen molar-refractivity contribution in [1.29, 1.82) is 0 Å². The van der Waals surface area contributed by atoms with Crippen LogP contribution in [-0.2, 0) is 0 Å². The smallest absolute Gasteiger partial charge is 0.139 e. The molecule has 0 aliphatic rings. The molecule has 0 N–H and O–H groups in total. The Hall–Kier alpha value is -6.36. The molecule has 3 nitrogen and oxygen atoms in total. The molecule has 0 amide bonds. The van der Waals surface area contributed by atoms with Crippen LogP contribution < -0.4 is 0 Å². The summed E-state index contributed by atoms with van der Waals surface area (Å²) in [5, 5.41) is 14.9. The van der Waals surface area contributed by atoms with E-state index >= 15 is 0 Å². The minimum atomic E-state index is 0.828. The van der Waals surface area contributed by atoms with Gasteiger partial charge < -0.3 is 13.3 Å². The van der Waals surface area contributed by atoms with E-state index in [-0.39, 0.29) is 0 Å². The van der Waals surface area contributed by atoms with E-state index in [1.54, 1.807) is 11.3 Å². The van der Waals surface area contributed by atoms with Crippen LogP contribution in [0.3, 0.4) is 0 Å². The number of hydrogen-bond donors (Lipinski definition) is 0. The number of rotatable bonds is 2. The number of thiophene rings is 1. The van der Waals surface area contributed by atoms with Gasteiger partial charge in [-0.15, -0.1) is 11.3 Å². The molecule has 0 unspecified atom stereocenters. The van der Waals surface area contributed by atoms with E-state index in [9.17, 15) is 0 Å². The second-order valence-corrected chi connectivity index (χ2v) is 14.1. The predicted molar refractivity (Wildman–Crippen MR) is 210 cm³/mol. The van der Waals surface area contributed by atoms with Crippen LogP contribution in [0.5, 0.6) is 0 Å². The zero-order chi connectivity index (χ0) is 32.5.